The summed E-state index contributed by atoms with van der Waals surface area (Å²) >= 11 is 0. The van der Waals surface area contributed by atoms with E-state index in [9.17, 15) is 9.90 Å². The van der Waals surface area contributed by atoms with E-state index in [1.54, 1.807) is 0 Å². The minimum Gasteiger partial charge on any atom is -0.507 e. The molecule has 0 unspecified atom stereocenters. The number of benzene rings is 1. The Morgan fingerprint density at radius 2 is 1.90 bits per heavy atom. The van der Waals surface area contributed by atoms with E-state index < -0.39 is 0 Å². The smallest absolute Gasteiger partial charge is 0.162 e. The second-order valence-electron chi connectivity index (χ2n) is 7.18. The van der Waals surface area contributed by atoms with Crippen LogP contribution >= 0.6 is 0 Å². The van der Waals surface area contributed by atoms with Crippen molar-refractivity contribution in [1.82, 2.24) is 0 Å². The lowest BCUT2D eigenvalue weighted by Crippen LogP contribution is -2.16. The van der Waals surface area contributed by atoms with Crippen molar-refractivity contribution in [3.05, 3.63) is 28.8 Å². The molecule has 1 rings (SSSR count). The first-order valence-electron chi connectivity index (χ1n) is 7.53. The zero-order valence-corrected chi connectivity index (χ0v) is 14.1. The van der Waals surface area contributed by atoms with Gasteiger partial charge in [0, 0.05) is 13.0 Å². The molecule has 0 aliphatic carbocycles. The lowest BCUT2D eigenvalue weighted by Gasteiger charge is -2.22. The molecule has 1 aromatic rings. The van der Waals surface area contributed by atoms with Crippen LogP contribution in [0, 0.1) is 12.8 Å². The fourth-order valence-electron chi connectivity index (χ4n) is 2.22. The first kappa shape index (κ1) is 17.7. The van der Waals surface area contributed by atoms with Crippen molar-refractivity contribution in [1.29, 1.82) is 0 Å². The highest BCUT2D eigenvalue weighted by Gasteiger charge is 2.20. The summed E-state index contributed by atoms with van der Waals surface area (Å²) in [6.45, 7) is 12.9. The van der Waals surface area contributed by atoms with Gasteiger partial charge in [-0.3, -0.25) is 4.79 Å². The summed E-state index contributed by atoms with van der Waals surface area (Å²) < 4.78 is 5.38. The SMILES string of the molecule is Cc1cc(CC(=O)COCC(C)C)cc(C(C)(C)C)c1O. The Labute approximate surface area is 128 Å². The highest BCUT2D eigenvalue weighted by molar-refractivity contribution is 5.82. The lowest BCUT2D eigenvalue weighted by atomic mass is 9.83. The maximum atomic E-state index is 12.0. The van der Waals surface area contributed by atoms with E-state index in [0.29, 0.717) is 24.7 Å². The van der Waals surface area contributed by atoms with Gasteiger partial charge in [0.25, 0.3) is 0 Å². The van der Waals surface area contributed by atoms with Crippen LogP contribution in [0.2, 0.25) is 0 Å². The largest absolute Gasteiger partial charge is 0.507 e. The molecule has 0 aromatic heterocycles. The molecule has 118 valence electrons. The van der Waals surface area contributed by atoms with Gasteiger partial charge in [0.15, 0.2) is 5.78 Å². The number of phenols is 1. The maximum absolute atomic E-state index is 12.0. The molecule has 21 heavy (non-hydrogen) atoms. The van der Waals surface area contributed by atoms with Gasteiger partial charge in [0.1, 0.15) is 12.4 Å². The Balaban J connectivity index is 2.80. The van der Waals surface area contributed by atoms with Crippen LogP contribution < -0.4 is 0 Å². The van der Waals surface area contributed by atoms with Gasteiger partial charge in [-0.2, -0.15) is 0 Å². The topological polar surface area (TPSA) is 46.5 Å². The molecule has 0 saturated carbocycles. The molecule has 0 heterocycles. The van der Waals surface area contributed by atoms with E-state index in [-0.39, 0.29) is 17.8 Å². The highest BCUT2D eigenvalue weighted by atomic mass is 16.5. The Hall–Kier alpha value is -1.35. The Morgan fingerprint density at radius 3 is 2.43 bits per heavy atom. The van der Waals surface area contributed by atoms with Crippen molar-refractivity contribution in [3.63, 3.8) is 0 Å². The quantitative estimate of drug-likeness (QED) is 0.868. The monoisotopic (exact) mass is 292 g/mol. The minimum absolute atomic E-state index is 0.0700. The standard InChI is InChI=1S/C18H28O3/c1-12(2)10-21-11-15(19)8-14-7-13(3)17(20)16(9-14)18(4,5)6/h7,9,12,20H,8,10-11H2,1-6H3. The van der Waals surface area contributed by atoms with Crippen LogP contribution in [0.5, 0.6) is 5.75 Å². The fourth-order valence-corrected chi connectivity index (χ4v) is 2.22. The number of rotatable bonds is 6. The Morgan fingerprint density at radius 1 is 1.29 bits per heavy atom. The number of hydrogen-bond acceptors (Lipinski definition) is 3. The summed E-state index contributed by atoms with van der Waals surface area (Å²) in [5.41, 5.74) is 2.48. The molecular weight excluding hydrogens is 264 g/mol. The average Bonchev–Trinajstić information content (AvgIpc) is 2.31. The average molecular weight is 292 g/mol. The number of aromatic hydroxyl groups is 1. The first-order chi connectivity index (χ1) is 9.61. The molecule has 0 spiro atoms. The van der Waals surface area contributed by atoms with Crippen molar-refractivity contribution >= 4 is 5.78 Å². The molecule has 0 bridgehead atoms. The number of carbonyl (C=O) groups is 1. The summed E-state index contributed by atoms with van der Waals surface area (Å²) in [6.07, 6.45) is 0.349. The van der Waals surface area contributed by atoms with E-state index in [1.807, 2.05) is 19.1 Å². The minimum atomic E-state index is -0.151. The van der Waals surface area contributed by atoms with Crippen LogP contribution in [-0.4, -0.2) is 24.1 Å². The molecule has 0 fully saturated rings. The van der Waals surface area contributed by atoms with Crippen molar-refractivity contribution in [2.45, 2.75) is 53.4 Å². The maximum Gasteiger partial charge on any atom is 0.162 e. The summed E-state index contributed by atoms with van der Waals surface area (Å²) in [5, 5.41) is 10.2. The van der Waals surface area contributed by atoms with Crippen LogP contribution in [0.15, 0.2) is 12.1 Å². The van der Waals surface area contributed by atoms with Crippen molar-refractivity contribution in [2.24, 2.45) is 5.92 Å². The predicted molar refractivity (Wildman–Crippen MR) is 85.9 cm³/mol. The predicted octanol–water partition coefficient (Wildman–Crippen LogP) is 3.78. The normalized spacial score (nSPS) is 12.0. The molecule has 1 N–H and O–H groups in total. The van der Waals surface area contributed by atoms with Crippen LogP contribution in [0.25, 0.3) is 0 Å². The van der Waals surface area contributed by atoms with Gasteiger partial charge in [-0.25, -0.2) is 0 Å². The second kappa shape index (κ2) is 7.08. The van der Waals surface area contributed by atoms with Gasteiger partial charge in [-0.15, -0.1) is 0 Å². The molecule has 0 aliphatic rings. The number of hydrogen-bond donors (Lipinski definition) is 1. The molecule has 0 saturated heterocycles. The van der Waals surface area contributed by atoms with Gasteiger partial charge in [-0.1, -0.05) is 46.8 Å². The van der Waals surface area contributed by atoms with Gasteiger partial charge >= 0.3 is 0 Å². The number of ketones is 1. The van der Waals surface area contributed by atoms with E-state index in [0.717, 1.165) is 16.7 Å². The zero-order valence-electron chi connectivity index (χ0n) is 14.1. The summed E-state index contributed by atoms with van der Waals surface area (Å²) in [5.74, 6) is 0.830. The van der Waals surface area contributed by atoms with E-state index in [2.05, 4.69) is 34.6 Å². The van der Waals surface area contributed by atoms with E-state index >= 15 is 0 Å². The number of carbonyl (C=O) groups excluding carboxylic acids is 1. The molecule has 0 amide bonds. The number of aryl methyl sites for hydroxylation is 1. The fraction of sp³-hybridized carbons (Fsp3) is 0.611. The molecule has 0 aliphatic heterocycles. The third kappa shape index (κ3) is 5.50. The summed E-state index contributed by atoms with van der Waals surface area (Å²) in [6, 6.07) is 3.81. The zero-order chi connectivity index (χ0) is 16.2. The molecule has 3 nitrogen and oxygen atoms in total. The first-order valence-corrected chi connectivity index (χ1v) is 7.53. The van der Waals surface area contributed by atoms with E-state index in [4.69, 9.17) is 4.74 Å². The van der Waals surface area contributed by atoms with Crippen LogP contribution in [0.3, 0.4) is 0 Å². The lowest BCUT2D eigenvalue weighted by molar-refractivity contribution is -0.123. The molecule has 0 radical (unpaired) electrons. The van der Waals surface area contributed by atoms with Crippen LogP contribution in [0.1, 0.15) is 51.3 Å². The van der Waals surface area contributed by atoms with Crippen LogP contribution in [0.4, 0.5) is 0 Å². The van der Waals surface area contributed by atoms with Crippen molar-refractivity contribution < 1.29 is 14.6 Å². The molecule has 3 heteroatoms. The summed E-state index contributed by atoms with van der Waals surface area (Å²) in [7, 11) is 0. The Bertz CT molecular complexity index is 496. The number of phenolic OH excluding ortho intramolecular Hbond substituents is 1. The summed E-state index contributed by atoms with van der Waals surface area (Å²) in [4.78, 5) is 12.0. The van der Waals surface area contributed by atoms with Gasteiger partial charge in [0.05, 0.1) is 0 Å². The van der Waals surface area contributed by atoms with Crippen molar-refractivity contribution in [3.8, 4) is 5.75 Å². The molecule has 1 aromatic carbocycles. The highest BCUT2D eigenvalue weighted by Crippen LogP contribution is 2.34. The van der Waals surface area contributed by atoms with Gasteiger partial charge in [-0.05, 0) is 34.9 Å². The number of ether oxygens (including phenoxy) is 1. The second-order valence-corrected chi connectivity index (χ2v) is 7.18. The van der Waals surface area contributed by atoms with E-state index in [1.165, 1.54) is 0 Å². The van der Waals surface area contributed by atoms with Crippen molar-refractivity contribution in [2.75, 3.05) is 13.2 Å². The van der Waals surface area contributed by atoms with Gasteiger partial charge < -0.3 is 9.84 Å². The third-order valence-corrected chi connectivity index (χ3v) is 3.28. The molecular formula is C18H28O3. The third-order valence-electron chi connectivity index (χ3n) is 3.28. The van der Waals surface area contributed by atoms with Gasteiger partial charge in [0.2, 0.25) is 0 Å². The van der Waals surface area contributed by atoms with Crippen LogP contribution in [-0.2, 0) is 21.4 Å². The number of Topliss-reactive ketones (excluding diaryl/α,β-unsaturated/α-hetero) is 1. The molecule has 0 atom stereocenters. The Kier molecular flexibility index (Phi) is 5.97.